The standard InChI is InChI=1S/C14H23FN2O/c1-5-17(9-14(3,4)18)13-7-6-11(15)8-12(13)10(2)16/h6-8,10,18H,5,9,16H2,1-4H3/t10-/m1/s1. The molecule has 4 heteroatoms. The van der Waals surface area contributed by atoms with Crippen LogP contribution in [0, 0.1) is 5.82 Å². The molecule has 0 heterocycles. The van der Waals surface area contributed by atoms with Gasteiger partial charge in [-0.2, -0.15) is 0 Å². The number of nitrogens with two attached hydrogens (primary N) is 1. The SMILES string of the molecule is CCN(CC(C)(C)O)c1ccc(F)cc1[C@@H](C)N. The fraction of sp³-hybridized carbons (Fsp3) is 0.571. The molecule has 0 aromatic heterocycles. The number of rotatable bonds is 5. The number of nitrogens with zero attached hydrogens (tertiary/aromatic N) is 1. The van der Waals surface area contributed by atoms with Crippen LogP contribution in [-0.2, 0) is 0 Å². The number of benzene rings is 1. The van der Waals surface area contributed by atoms with Crippen LogP contribution in [0.2, 0.25) is 0 Å². The second kappa shape index (κ2) is 5.67. The van der Waals surface area contributed by atoms with Crippen LogP contribution in [0.1, 0.15) is 39.3 Å². The maximum atomic E-state index is 13.3. The van der Waals surface area contributed by atoms with Crippen LogP contribution in [0.4, 0.5) is 10.1 Å². The van der Waals surface area contributed by atoms with E-state index in [1.807, 2.05) is 18.7 Å². The van der Waals surface area contributed by atoms with Crippen molar-refractivity contribution in [3.8, 4) is 0 Å². The van der Waals surface area contributed by atoms with Gasteiger partial charge in [-0.3, -0.25) is 0 Å². The third-order valence-electron chi connectivity index (χ3n) is 2.78. The summed E-state index contributed by atoms with van der Waals surface area (Å²) in [6, 6.07) is 4.37. The third kappa shape index (κ3) is 3.96. The summed E-state index contributed by atoms with van der Waals surface area (Å²) in [4.78, 5) is 2.01. The molecule has 102 valence electrons. The zero-order valence-corrected chi connectivity index (χ0v) is 11.6. The second-order valence-corrected chi connectivity index (χ2v) is 5.32. The molecule has 0 aliphatic rings. The maximum Gasteiger partial charge on any atom is 0.123 e. The van der Waals surface area contributed by atoms with Gasteiger partial charge in [0.1, 0.15) is 5.82 Å². The molecule has 0 fully saturated rings. The summed E-state index contributed by atoms with van der Waals surface area (Å²) in [5.74, 6) is -0.287. The van der Waals surface area contributed by atoms with Crippen LogP contribution in [0.15, 0.2) is 18.2 Å². The lowest BCUT2D eigenvalue weighted by Gasteiger charge is -2.32. The van der Waals surface area contributed by atoms with Crippen LogP contribution in [0.25, 0.3) is 0 Å². The molecule has 3 N–H and O–H groups in total. The first-order valence-corrected chi connectivity index (χ1v) is 6.27. The van der Waals surface area contributed by atoms with Crippen molar-refractivity contribution in [1.29, 1.82) is 0 Å². The van der Waals surface area contributed by atoms with Gasteiger partial charge >= 0.3 is 0 Å². The van der Waals surface area contributed by atoms with Gasteiger partial charge in [0.25, 0.3) is 0 Å². The van der Waals surface area contributed by atoms with E-state index in [2.05, 4.69) is 0 Å². The molecule has 18 heavy (non-hydrogen) atoms. The fourth-order valence-corrected chi connectivity index (χ4v) is 2.01. The summed E-state index contributed by atoms with van der Waals surface area (Å²) in [5.41, 5.74) is 6.73. The Morgan fingerprint density at radius 2 is 2.06 bits per heavy atom. The van der Waals surface area contributed by atoms with E-state index in [1.165, 1.54) is 12.1 Å². The average molecular weight is 254 g/mol. The summed E-state index contributed by atoms with van der Waals surface area (Å²) in [6.45, 7) is 8.55. The maximum absolute atomic E-state index is 13.3. The summed E-state index contributed by atoms with van der Waals surface area (Å²) in [5, 5.41) is 9.92. The largest absolute Gasteiger partial charge is 0.389 e. The van der Waals surface area contributed by atoms with Gasteiger partial charge in [-0.1, -0.05) is 0 Å². The first-order chi connectivity index (χ1) is 8.24. The molecule has 0 aliphatic carbocycles. The van der Waals surface area contributed by atoms with Crippen LogP contribution in [-0.4, -0.2) is 23.8 Å². The Bertz CT molecular complexity index is 399. The topological polar surface area (TPSA) is 49.5 Å². The van der Waals surface area contributed by atoms with Crippen LogP contribution in [0.3, 0.4) is 0 Å². The number of likely N-dealkylation sites (N-methyl/N-ethyl adjacent to an activating group) is 1. The molecule has 1 atom stereocenters. The average Bonchev–Trinajstić information content (AvgIpc) is 2.24. The Kier molecular flexibility index (Phi) is 4.71. The highest BCUT2D eigenvalue weighted by Gasteiger charge is 2.20. The molecular formula is C14H23FN2O. The van der Waals surface area contributed by atoms with Crippen molar-refractivity contribution in [2.45, 2.75) is 39.3 Å². The van der Waals surface area contributed by atoms with E-state index >= 15 is 0 Å². The van der Waals surface area contributed by atoms with Gasteiger partial charge in [0.15, 0.2) is 0 Å². The van der Waals surface area contributed by atoms with E-state index in [0.717, 1.165) is 17.8 Å². The quantitative estimate of drug-likeness (QED) is 0.848. The van der Waals surface area contributed by atoms with Crippen molar-refractivity contribution in [3.63, 3.8) is 0 Å². The number of hydrogen-bond acceptors (Lipinski definition) is 3. The highest BCUT2D eigenvalue weighted by atomic mass is 19.1. The zero-order valence-electron chi connectivity index (χ0n) is 11.6. The van der Waals surface area contributed by atoms with Gasteiger partial charge in [0.05, 0.1) is 5.60 Å². The summed E-state index contributed by atoms with van der Waals surface area (Å²) in [7, 11) is 0. The Hall–Kier alpha value is -1.13. The third-order valence-corrected chi connectivity index (χ3v) is 2.78. The van der Waals surface area contributed by atoms with Crippen molar-refractivity contribution < 1.29 is 9.50 Å². The normalized spacial score (nSPS) is 13.5. The zero-order chi connectivity index (χ0) is 13.9. The number of anilines is 1. The van der Waals surface area contributed by atoms with Gasteiger partial charge in [-0.25, -0.2) is 4.39 Å². The number of aliphatic hydroxyl groups is 1. The van der Waals surface area contributed by atoms with E-state index in [4.69, 9.17) is 5.73 Å². The molecule has 0 saturated carbocycles. The molecule has 0 radical (unpaired) electrons. The molecule has 0 aliphatic heterocycles. The fourth-order valence-electron chi connectivity index (χ4n) is 2.01. The predicted octanol–water partition coefficient (Wildman–Crippen LogP) is 2.44. The molecule has 1 rings (SSSR count). The van der Waals surface area contributed by atoms with Crippen LogP contribution in [0.5, 0.6) is 0 Å². The smallest absolute Gasteiger partial charge is 0.123 e. The Morgan fingerprint density at radius 1 is 1.44 bits per heavy atom. The predicted molar refractivity (Wildman–Crippen MR) is 73.2 cm³/mol. The van der Waals surface area contributed by atoms with Crippen molar-refractivity contribution in [2.24, 2.45) is 5.73 Å². The van der Waals surface area contributed by atoms with E-state index in [1.54, 1.807) is 19.9 Å². The van der Waals surface area contributed by atoms with E-state index in [0.29, 0.717) is 6.54 Å². The van der Waals surface area contributed by atoms with Gasteiger partial charge in [-0.05, 0) is 51.5 Å². The van der Waals surface area contributed by atoms with Crippen molar-refractivity contribution in [3.05, 3.63) is 29.6 Å². The Labute approximate surface area is 108 Å². The van der Waals surface area contributed by atoms with Crippen molar-refractivity contribution in [1.82, 2.24) is 0 Å². The molecule has 1 aromatic rings. The second-order valence-electron chi connectivity index (χ2n) is 5.32. The highest BCUT2D eigenvalue weighted by molar-refractivity contribution is 5.55. The van der Waals surface area contributed by atoms with Crippen LogP contribution < -0.4 is 10.6 Å². The lowest BCUT2D eigenvalue weighted by molar-refractivity contribution is 0.0875. The van der Waals surface area contributed by atoms with Gasteiger partial charge in [0.2, 0.25) is 0 Å². The number of hydrogen-bond donors (Lipinski definition) is 2. The molecule has 3 nitrogen and oxygen atoms in total. The minimum Gasteiger partial charge on any atom is -0.389 e. The first kappa shape index (κ1) is 14.9. The Morgan fingerprint density at radius 3 is 2.50 bits per heavy atom. The molecule has 0 spiro atoms. The van der Waals surface area contributed by atoms with Gasteiger partial charge in [0, 0.05) is 24.8 Å². The van der Waals surface area contributed by atoms with E-state index < -0.39 is 5.60 Å². The molecule has 0 bridgehead atoms. The minimum atomic E-state index is -0.806. The van der Waals surface area contributed by atoms with Gasteiger partial charge in [-0.15, -0.1) is 0 Å². The van der Waals surface area contributed by atoms with E-state index in [9.17, 15) is 9.50 Å². The minimum absolute atomic E-state index is 0.244. The van der Waals surface area contributed by atoms with Crippen LogP contribution >= 0.6 is 0 Å². The van der Waals surface area contributed by atoms with Crippen molar-refractivity contribution in [2.75, 3.05) is 18.0 Å². The van der Waals surface area contributed by atoms with Crippen molar-refractivity contribution >= 4 is 5.69 Å². The molecule has 1 aromatic carbocycles. The molecule has 0 amide bonds. The number of halogens is 1. The molecule has 0 saturated heterocycles. The monoisotopic (exact) mass is 254 g/mol. The lowest BCUT2D eigenvalue weighted by Crippen LogP contribution is -2.39. The molecular weight excluding hydrogens is 231 g/mol. The Balaban J connectivity index is 3.12. The molecule has 0 unspecified atom stereocenters. The van der Waals surface area contributed by atoms with E-state index in [-0.39, 0.29) is 11.9 Å². The first-order valence-electron chi connectivity index (χ1n) is 6.27. The highest BCUT2D eigenvalue weighted by Crippen LogP contribution is 2.27. The lowest BCUT2D eigenvalue weighted by atomic mass is 10.0. The summed E-state index contributed by atoms with van der Waals surface area (Å²) < 4.78 is 13.3. The van der Waals surface area contributed by atoms with Gasteiger partial charge < -0.3 is 15.7 Å². The summed E-state index contributed by atoms with van der Waals surface area (Å²) >= 11 is 0. The summed E-state index contributed by atoms with van der Waals surface area (Å²) in [6.07, 6.45) is 0.